The Kier molecular flexibility index (Phi) is 3.50. The summed E-state index contributed by atoms with van der Waals surface area (Å²) in [6, 6.07) is 11.0. The molecule has 0 aromatic heterocycles. The first-order chi connectivity index (χ1) is 11.0. The van der Waals surface area contributed by atoms with Crippen LogP contribution in [0.5, 0.6) is 0 Å². The summed E-state index contributed by atoms with van der Waals surface area (Å²) in [4.78, 5) is 46.7. The Morgan fingerprint density at radius 2 is 1.48 bits per heavy atom. The Labute approximate surface area is 130 Å². The molecule has 6 heteroatoms. The second-order valence-corrected chi connectivity index (χ2v) is 5.04. The minimum absolute atomic E-state index is 0.224. The third-order valence-electron chi connectivity index (χ3n) is 3.59. The molecule has 0 fully saturated rings. The number of amides is 1. The molecular weight excluding hydrogens is 298 g/mol. The van der Waals surface area contributed by atoms with Crippen molar-refractivity contribution in [2.45, 2.75) is 0 Å². The summed E-state index contributed by atoms with van der Waals surface area (Å²) in [5.41, 5.74) is 1.84. The van der Waals surface area contributed by atoms with Crippen molar-refractivity contribution in [3.63, 3.8) is 0 Å². The fourth-order valence-electron chi connectivity index (χ4n) is 2.52. The van der Waals surface area contributed by atoms with Gasteiger partial charge in [0, 0.05) is 16.7 Å². The number of aliphatic carboxylic acids is 1. The van der Waals surface area contributed by atoms with Crippen LogP contribution in [0.3, 0.4) is 0 Å². The third kappa shape index (κ3) is 2.50. The van der Waals surface area contributed by atoms with E-state index >= 15 is 0 Å². The minimum Gasteiger partial charge on any atom is -0.480 e. The molecule has 0 unspecified atom stereocenters. The van der Waals surface area contributed by atoms with E-state index in [1.54, 1.807) is 24.3 Å². The third-order valence-corrected chi connectivity index (χ3v) is 3.59. The molecule has 0 atom stereocenters. The van der Waals surface area contributed by atoms with E-state index in [-0.39, 0.29) is 11.1 Å². The highest BCUT2D eigenvalue weighted by Gasteiger charge is 2.30. The predicted molar refractivity (Wildman–Crippen MR) is 80.5 cm³/mol. The smallest absolute Gasteiger partial charge is 0.322 e. The van der Waals surface area contributed by atoms with Gasteiger partial charge in [0.25, 0.3) is 5.91 Å². The molecule has 1 amide bonds. The zero-order chi connectivity index (χ0) is 16.6. The molecule has 1 aliphatic carbocycles. The van der Waals surface area contributed by atoms with Crippen LogP contribution >= 0.6 is 0 Å². The number of nitrogens with one attached hydrogen (secondary N) is 1. The molecule has 0 spiro atoms. The highest BCUT2D eigenvalue weighted by molar-refractivity contribution is 6.53. The SMILES string of the molecule is O=C(O)CNC(=O)c1ccc2c(c1)-c1ccccc1C(=O)C2=O. The second-order valence-electron chi connectivity index (χ2n) is 5.04. The standard InChI is InChI=1S/C17H11NO5/c19-14(20)8-18-17(23)9-5-6-12-13(7-9)10-3-1-2-4-11(10)15(21)16(12)22/h1-7H,8H2,(H,18,23)(H,19,20). The molecule has 2 aromatic carbocycles. The largest absolute Gasteiger partial charge is 0.480 e. The maximum atomic E-state index is 12.1. The molecule has 0 radical (unpaired) electrons. The van der Waals surface area contributed by atoms with E-state index in [9.17, 15) is 19.2 Å². The summed E-state index contributed by atoms with van der Waals surface area (Å²) in [7, 11) is 0. The number of ketones is 2. The van der Waals surface area contributed by atoms with E-state index in [1.165, 1.54) is 18.2 Å². The molecule has 0 bridgehead atoms. The van der Waals surface area contributed by atoms with Gasteiger partial charge < -0.3 is 10.4 Å². The van der Waals surface area contributed by atoms with Crippen LogP contribution in [0.1, 0.15) is 31.1 Å². The first-order valence-electron chi connectivity index (χ1n) is 6.81. The lowest BCUT2D eigenvalue weighted by molar-refractivity contribution is -0.135. The van der Waals surface area contributed by atoms with Crippen LogP contribution in [-0.2, 0) is 4.79 Å². The Morgan fingerprint density at radius 1 is 0.870 bits per heavy atom. The average molecular weight is 309 g/mol. The molecule has 23 heavy (non-hydrogen) atoms. The normalized spacial score (nSPS) is 12.3. The van der Waals surface area contributed by atoms with E-state index in [1.807, 2.05) is 0 Å². The van der Waals surface area contributed by atoms with Crippen LogP contribution < -0.4 is 5.32 Å². The van der Waals surface area contributed by atoms with Crippen molar-refractivity contribution in [1.29, 1.82) is 0 Å². The topological polar surface area (TPSA) is 101 Å². The molecule has 0 saturated heterocycles. The number of fused-ring (bicyclic) bond motifs is 3. The van der Waals surface area contributed by atoms with Crippen molar-refractivity contribution in [1.82, 2.24) is 5.32 Å². The molecule has 1 aliphatic rings. The number of hydrogen-bond donors (Lipinski definition) is 2. The quantitative estimate of drug-likeness (QED) is 0.838. The predicted octanol–water partition coefficient (Wildman–Crippen LogP) is 1.55. The van der Waals surface area contributed by atoms with E-state index in [0.29, 0.717) is 16.7 Å². The first-order valence-corrected chi connectivity index (χ1v) is 6.81. The Morgan fingerprint density at radius 3 is 2.13 bits per heavy atom. The van der Waals surface area contributed by atoms with Crippen LogP contribution in [-0.4, -0.2) is 35.1 Å². The number of carbonyl (C=O) groups excluding carboxylic acids is 3. The zero-order valence-corrected chi connectivity index (χ0v) is 11.8. The number of Topliss-reactive ketones (excluding diaryl/α,β-unsaturated/α-hetero) is 2. The average Bonchev–Trinajstić information content (AvgIpc) is 2.57. The van der Waals surface area contributed by atoms with Crippen LogP contribution in [0.2, 0.25) is 0 Å². The van der Waals surface area contributed by atoms with Crippen LogP contribution in [0.4, 0.5) is 0 Å². The van der Waals surface area contributed by atoms with Gasteiger partial charge in [-0.2, -0.15) is 0 Å². The second kappa shape index (κ2) is 5.49. The van der Waals surface area contributed by atoms with Gasteiger partial charge in [-0.1, -0.05) is 24.3 Å². The van der Waals surface area contributed by atoms with Crippen LogP contribution in [0, 0.1) is 0 Å². The maximum absolute atomic E-state index is 12.1. The lowest BCUT2D eigenvalue weighted by Crippen LogP contribution is -2.29. The first kappa shape index (κ1) is 14.6. The number of carboxylic acids is 1. The van der Waals surface area contributed by atoms with Crippen molar-refractivity contribution in [2.24, 2.45) is 0 Å². The fraction of sp³-hybridized carbons (Fsp3) is 0.0588. The molecule has 114 valence electrons. The molecule has 0 saturated carbocycles. The molecule has 6 nitrogen and oxygen atoms in total. The van der Waals surface area contributed by atoms with E-state index in [2.05, 4.69) is 5.32 Å². The van der Waals surface area contributed by atoms with Crippen molar-refractivity contribution < 1.29 is 24.3 Å². The lowest BCUT2D eigenvalue weighted by atomic mass is 9.83. The summed E-state index contributed by atoms with van der Waals surface area (Å²) in [5, 5.41) is 10.9. The van der Waals surface area contributed by atoms with Crippen molar-refractivity contribution in [2.75, 3.05) is 6.54 Å². The Hall–Kier alpha value is -3.28. The van der Waals surface area contributed by atoms with Gasteiger partial charge in [0.1, 0.15) is 6.54 Å². The number of hydrogen-bond acceptors (Lipinski definition) is 4. The van der Waals surface area contributed by atoms with Gasteiger partial charge >= 0.3 is 5.97 Å². The van der Waals surface area contributed by atoms with Gasteiger partial charge in [-0.15, -0.1) is 0 Å². The van der Waals surface area contributed by atoms with Gasteiger partial charge in [0.15, 0.2) is 0 Å². The summed E-state index contributed by atoms with van der Waals surface area (Å²) < 4.78 is 0. The summed E-state index contributed by atoms with van der Waals surface area (Å²) in [6.07, 6.45) is 0. The monoisotopic (exact) mass is 309 g/mol. The summed E-state index contributed by atoms with van der Waals surface area (Å²) in [5.74, 6) is -2.90. The lowest BCUT2D eigenvalue weighted by Gasteiger charge is -2.18. The molecule has 0 aliphatic heterocycles. The van der Waals surface area contributed by atoms with Gasteiger partial charge in [-0.25, -0.2) is 0 Å². The van der Waals surface area contributed by atoms with Crippen LogP contribution in [0.15, 0.2) is 42.5 Å². The molecule has 2 aromatic rings. The van der Waals surface area contributed by atoms with E-state index < -0.39 is 30.0 Å². The summed E-state index contributed by atoms with van der Waals surface area (Å²) in [6.45, 7) is -0.496. The maximum Gasteiger partial charge on any atom is 0.322 e. The highest BCUT2D eigenvalue weighted by atomic mass is 16.4. The van der Waals surface area contributed by atoms with Gasteiger partial charge in [0.2, 0.25) is 11.6 Å². The number of rotatable bonds is 3. The van der Waals surface area contributed by atoms with Gasteiger partial charge in [-0.3, -0.25) is 19.2 Å². The minimum atomic E-state index is -1.15. The zero-order valence-electron chi connectivity index (χ0n) is 11.8. The van der Waals surface area contributed by atoms with E-state index in [0.717, 1.165) is 0 Å². The van der Waals surface area contributed by atoms with Crippen molar-refractivity contribution >= 4 is 23.4 Å². The molecule has 3 rings (SSSR count). The highest BCUT2D eigenvalue weighted by Crippen LogP contribution is 2.33. The number of benzene rings is 2. The van der Waals surface area contributed by atoms with E-state index in [4.69, 9.17) is 5.11 Å². The van der Waals surface area contributed by atoms with Gasteiger partial charge in [-0.05, 0) is 29.3 Å². The number of carboxylic acid groups (broad SMARTS) is 1. The van der Waals surface area contributed by atoms with Crippen molar-refractivity contribution in [3.8, 4) is 11.1 Å². The molecular formula is C17H11NO5. The molecule has 2 N–H and O–H groups in total. The fourth-order valence-corrected chi connectivity index (χ4v) is 2.52. The Bertz CT molecular complexity index is 869. The number of carbonyl (C=O) groups is 4. The van der Waals surface area contributed by atoms with Crippen LogP contribution in [0.25, 0.3) is 11.1 Å². The molecule has 0 heterocycles. The summed E-state index contributed by atoms with van der Waals surface area (Å²) >= 11 is 0. The van der Waals surface area contributed by atoms with Crippen molar-refractivity contribution in [3.05, 3.63) is 59.2 Å². The Balaban J connectivity index is 2.06. The van der Waals surface area contributed by atoms with Gasteiger partial charge in [0.05, 0.1) is 0 Å².